The molecular formula is C14H15Br2NO2S. The molecule has 1 fully saturated rings. The highest BCUT2D eigenvalue weighted by Gasteiger charge is 2.36. The van der Waals surface area contributed by atoms with Gasteiger partial charge in [-0.1, -0.05) is 35.2 Å². The normalized spacial score (nSPS) is 18.4. The minimum absolute atomic E-state index is 0.0513. The molecule has 1 atom stereocenters. The van der Waals surface area contributed by atoms with E-state index in [0.29, 0.717) is 8.95 Å². The van der Waals surface area contributed by atoms with Crippen molar-refractivity contribution in [1.82, 2.24) is 0 Å². The lowest BCUT2D eigenvalue weighted by Crippen LogP contribution is -2.30. The molecule has 0 bridgehead atoms. The molecule has 0 saturated heterocycles. The maximum absolute atomic E-state index is 12.8. The van der Waals surface area contributed by atoms with Crippen molar-refractivity contribution in [3.05, 3.63) is 27.1 Å². The van der Waals surface area contributed by atoms with Crippen molar-refractivity contribution in [2.75, 3.05) is 0 Å². The van der Waals surface area contributed by atoms with Crippen LogP contribution in [-0.4, -0.2) is 13.7 Å². The average Bonchev–Trinajstić information content (AvgIpc) is 2.43. The van der Waals surface area contributed by atoms with Gasteiger partial charge in [-0.15, -0.1) is 0 Å². The fraction of sp³-hybridized carbons (Fsp3) is 0.500. The molecule has 3 nitrogen and oxygen atoms in total. The lowest BCUT2D eigenvalue weighted by atomic mass is 9.87. The van der Waals surface area contributed by atoms with Crippen LogP contribution in [0.2, 0.25) is 0 Å². The van der Waals surface area contributed by atoms with Gasteiger partial charge in [-0.25, -0.2) is 8.42 Å². The molecule has 0 aromatic heterocycles. The van der Waals surface area contributed by atoms with Crippen LogP contribution in [0.25, 0.3) is 0 Å². The van der Waals surface area contributed by atoms with E-state index in [4.69, 9.17) is 0 Å². The van der Waals surface area contributed by atoms with Crippen LogP contribution in [0.4, 0.5) is 0 Å². The highest BCUT2D eigenvalue weighted by molar-refractivity contribution is 9.11. The van der Waals surface area contributed by atoms with Crippen molar-refractivity contribution in [3.63, 3.8) is 0 Å². The van der Waals surface area contributed by atoms with E-state index in [1.165, 1.54) is 0 Å². The average molecular weight is 421 g/mol. The molecule has 0 heterocycles. The third-order valence-electron chi connectivity index (χ3n) is 3.74. The van der Waals surface area contributed by atoms with Gasteiger partial charge in [0.2, 0.25) is 0 Å². The van der Waals surface area contributed by atoms with E-state index < -0.39 is 15.1 Å². The molecular weight excluding hydrogens is 406 g/mol. The summed E-state index contributed by atoms with van der Waals surface area (Å²) < 4.78 is 26.7. The van der Waals surface area contributed by atoms with Gasteiger partial charge >= 0.3 is 0 Å². The predicted octanol–water partition coefficient (Wildman–Crippen LogP) is 4.46. The lowest BCUT2D eigenvalue weighted by molar-refractivity contribution is 0.362. The van der Waals surface area contributed by atoms with Crippen molar-refractivity contribution in [3.8, 4) is 6.07 Å². The second-order valence-corrected chi connectivity index (χ2v) is 8.88. The van der Waals surface area contributed by atoms with Gasteiger partial charge in [0.15, 0.2) is 15.1 Å². The Morgan fingerprint density at radius 3 is 2.45 bits per heavy atom. The third-order valence-corrected chi connectivity index (χ3v) is 7.30. The molecule has 1 saturated carbocycles. The molecule has 0 aliphatic heterocycles. The Hall–Kier alpha value is -0.380. The first-order valence-electron chi connectivity index (χ1n) is 6.55. The number of halogens is 2. The predicted molar refractivity (Wildman–Crippen MR) is 85.0 cm³/mol. The van der Waals surface area contributed by atoms with Crippen molar-refractivity contribution in [1.29, 1.82) is 5.26 Å². The van der Waals surface area contributed by atoms with E-state index in [1.54, 1.807) is 18.2 Å². The molecule has 108 valence electrons. The molecule has 1 unspecified atom stereocenters. The van der Waals surface area contributed by atoms with Gasteiger partial charge in [-0.05, 0) is 52.9 Å². The summed E-state index contributed by atoms with van der Waals surface area (Å²) in [5.41, 5.74) is 0. The van der Waals surface area contributed by atoms with Crippen molar-refractivity contribution < 1.29 is 8.42 Å². The SMILES string of the molecule is N#CC(C1CCCCC1)S(=O)(=O)c1cc(Br)ccc1Br. The van der Waals surface area contributed by atoms with E-state index >= 15 is 0 Å². The van der Waals surface area contributed by atoms with Gasteiger partial charge in [-0.3, -0.25) is 0 Å². The van der Waals surface area contributed by atoms with Gasteiger partial charge in [0.1, 0.15) is 0 Å². The third kappa shape index (κ3) is 3.26. The molecule has 0 amide bonds. The van der Waals surface area contributed by atoms with Crippen LogP contribution in [-0.2, 0) is 9.84 Å². The standard InChI is InChI=1S/C14H15Br2NO2S/c15-11-6-7-12(16)13(8-11)20(18,19)14(9-17)10-4-2-1-3-5-10/h6-8,10,14H,1-5H2. The van der Waals surface area contributed by atoms with E-state index in [2.05, 4.69) is 31.9 Å². The summed E-state index contributed by atoms with van der Waals surface area (Å²) in [7, 11) is -3.64. The van der Waals surface area contributed by atoms with Crippen LogP contribution in [0.1, 0.15) is 32.1 Å². The van der Waals surface area contributed by atoms with E-state index in [0.717, 1.165) is 32.1 Å². The highest BCUT2D eigenvalue weighted by atomic mass is 79.9. The molecule has 1 aromatic rings. The first kappa shape index (κ1) is 16.0. The summed E-state index contributed by atoms with van der Waals surface area (Å²) in [6.45, 7) is 0. The Morgan fingerprint density at radius 2 is 1.85 bits per heavy atom. The number of rotatable bonds is 3. The first-order chi connectivity index (χ1) is 9.46. The number of benzene rings is 1. The minimum Gasteiger partial charge on any atom is -0.222 e. The van der Waals surface area contributed by atoms with Crippen molar-refractivity contribution in [2.45, 2.75) is 42.2 Å². The van der Waals surface area contributed by atoms with Crippen molar-refractivity contribution >= 4 is 41.7 Å². The van der Waals surface area contributed by atoms with E-state index in [1.807, 2.05) is 6.07 Å². The zero-order valence-electron chi connectivity index (χ0n) is 10.9. The Balaban J connectivity index is 2.41. The summed E-state index contributed by atoms with van der Waals surface area (Å²) in [6.07, 6.45) is 4.80. The lowest BCUT2D eigenvalue weighted by Gasteiger charge is -2.25. The Morgan fingerprint density at radius 1 is 1.20 bits per heavy atom. The van der Waals surface area contributed by atoms with Gasteiger partial charge in [-0.2, -0.15) is 5.26 Å². The van der Waals surface area contributed by atoms with Gasteiger partial charge in [0.05, 0.1) is 11.0 Å². The van der Waals surface area contributed by atoms with Crippen LogP contribution >= 0.6 is 31.9 Å². The molecule has 20 heavy (non-hydrogen) atoms. The number of nitrogens with zero attached hydrogens (tertiary/aromatic N) is 1. The monoisotopic (exact) mass is 419 g/mol. The summed E-state index contributed by atoms with van der Waals surface area (Å²) >= 11 is 6.57. The van der Waals surface area contributed by atoms with E-state index in [9.17, 15) is 13.7 Å². The number of hydrogen-bond donors (Lipinski definition) is 0. The molecule has 1 aliphatic rings. The molecule has 0 radical (unpaired) electrons. The molecule has 1 aromatic carbocycles. The largest absolute Gasteiger partial charge is 0.222 e. The molecule has 0 N–H and O–H groups in total. The summed E-state index contributed by atoms with van der Waals surface area (Å²) in [6, 6.07) is 7.05. The van der Waals surface area contributed by atoms with Gasteiger partial charge < -0.3 is 0 Å². The smallest absolute Gasteiger partial charge is 0.196 e. The second kappa shape index (κ2) is 6.59. The highest BCUT2D eigenvalue weighted by Crippen LogP contribution is 2.35. The number of hydrogen-bond acceptors (Lipinski definition) is 3. The van der Waals surface area contributed by atoms with Crippen LogP contribution in [0.3, 0.4) is 0 Å². The summed E-state index contributed by atoms with van der Waals surface area (Å²) in [4.78, 5) is 0.198. The fourth-order valence-corrected chi connectivity index (χ4v) is 5.96. The molecule has 0 spiro atoms. The molecule has 6 heteroatoms. The van der Waals surface area contributed by atoms with Crippen molar-refractivity contribution in [2.24, 2.45) is 5.92 Å². The van der Waals surface area contributed by atoms with E-state index in [-0.39, 0.29) is 10.8 Å². The minimum atomic E-state index is -3.64. The topological polar surface area (TPSA) is 57.9 Å². The van der Waals surface area contributed by atoms with Gasteiger partial charge in [0, 0.05) is 8.95 Å². The summed E-state index contributed by atoms with van der Waals surface area (Å²) in [5.74, 6) is -0.0513. The Kier molecular flexibility index (Phi) is 5.27. The van der Waals surface area contributed by atoms with Crippen LogP contribution in [0, 0.1) is 17.2 Å². The summed E-state index contributed by atoms with van der Waals surface area (Å²) in [5, 5.41) is 8.43. The first-order valence-corrected chi connectivity index (χ1v) is 9.68. The van der Waals surface area contributed by atoms with Crippen LogP contribution in [0.5, 0.6) is 0 Å². The zero-order valence-corrected chi connectivity index (χ0v) is 14.8. The van der Waals surface area contributed by atoms with Crippen LogP contribution < -0.4 is 0 Å². The molecule has 2 rings (SSSR count). The Labute approximate surface area is 136 Å². The zero-order chi connectivity index (χ0) is 14.8. The second-order valence-electron chi connectivity index (χ2n) is 5.07. The number of nitriles is 1. The number of sulfone groups is 1. The molecule has 1 aliphatic carbocycles. The van der Waals surface area contributed by atoms with Crippen LogP contribution in [0.15, 0.2) is 32.0 Å². The maximum atomic E-state index is 12.8. The maximum Gasteiger partial charge on any atom is 0.196 e. The fourth-order valence-electron chi connectivity index (χ4n) is 2.70. The quantitative estimate of drug-likeness (QED) is 0.725. The van der Waals surface area contributed by atoms with Gasteiger partial charge in [0.25, 0.3) is 0 Å². The Bertz CT molecular complexity index is 631.